The highest BCUT2D eigenvalue weighted by Gasteiger charge is 2.27. The van der Waals surface area contributed by atoms with Crippen molar-refractivity contribution < 1.29 is 19.0 Å². The van der Waals surface area contributed by atoms with Crippen molar-refractivity contribution in [2.24, 2.45) is 5.92 Å². The molecule has 2 saturated heterocycles. The highest BCUT2D eigenvalue weighted by atomic mass is 16.7. The maximum absolute atomic E-state index is 13.7. The third kappa shape index (κ3) is 7.48. The summed E-state index contributed by atoms with van der Waals surface area (Å²) < 4.78 is 17.7. The van der Waals surface area contributed by atoms with Crippen LogP contribution in [-0.2, 0) is 16.1 Å². The third-order valence-electron chi connectivity index (χ3n) is 7.91. The van der Waals surface area contributed by atoms with Gasteiger partial charge in [-0.2, -0.15) is 0 Å². The van der Waals surface area contributed by atoms with Gasteiger partial charge in [0, 0.05) is 24.6 Å². The SMILES string of the molecule is O=C(C1CCCCC1)N(Cc1ccc(OC2CCCCO2)cc1)c1ccc(OCCN2CCCC2)cc1. The van der Waals surface area contributed by atoms with Crippen LogP contribution in [0.3, 0.4) is 0 Å². The Morgan fingerprint density at radius 3 is 2.24 bits per heavy atom. The van der Waals surface area contributed by atoms with E-state index >= 15 is 0 Å². The van der Waals surface area contributed by atoms with Gasteiger partial charge in [0.2, 0.25) is 5.91 Å². The van der Waals surface area contributed by atoms with Crippen LogP contribution in [0, 0.1) is 5.92 Å². The van der Waals surface area contributed by atoms with Crippen molar-refractivity contribution in [2.45, 2.75) is 77.0 Å². The Kier molecular flexibility index (Phi) is 9.36. The smallest absolute Gasteiger partial charge is 0.230 e. The topological polar surface area (TPSA) is 51.2 Å². The van der Waals surface area contributed by atoms with Crippen molar-refractivity contribution in [1.82, 2.24) is 4.90 Å². The van der Waals surface area contributed by atoms with Gasteiger partial charge in [-0.1, -0.05) is 31.4 Å². The van der Waals surface area contributed by atoms with Crippen LogP contribution >= 0.6 is 0 Å². The van der Waals surface area contributed by atoms with Crippen molar-refractivity contribution in [2.75, 3.05) is 37.7 Å². The van der Waals surface area contributed by atoms with Crippen molar-refractivity contribution in [3.8, 4) is 11.5 Å². The van der Waals surface area contributed by atoms with Gasteiger partial charge in [-0.25, -0.2) is 0 Å². The first-order valence-electron chi connectivity index (χ1n) is 14.4. The minimum Gasteiger partial charge on any atom is -0.492 e. The quantitative estimate of drug-likeness (QED) is 0.385. The largest absolute Gasteiger partial charge is 0.492 e. The van der Waals surface area contributed by atoms with Gasteiger partial charge in [-0.3, -0.25) is 9.69 Å². The number of benzene rings is 2. The van der Waals surface area contributed by atoms with E-state index in [4.69, 9.17) is 14.2 Å². The summed E-state index contributed by atoms with van der Waals surface area (Å²) >= 11 is 0. The molecule has 0 N–H and O–H groups in total. The van der Waals surface area contributed by atoms with Gasteiger partial charge in [0.25, 0.3) is 0 Å². The fourth-order valence-corrected chi connectivity index (χ4v) is 5.70. The van der Waals surface area contributed by atoms with Gasteiger partial charge in [0.1, 0.15) is 18.1 Å². The van der Waals surface area contributed by atoms with E-state index in [2.05, 4.69) is 17.0 Å². The number of hydrogen-bond acceptors (Lipinski definition) is 5. The molecule has 1 aliphatic carbocycles. The van der Waals surface area contributed by atoms with Gasteiger partial charge in [-0.05, 0) is 93.6 Å². The number of anilines is 1. The molecule has 3 fully saturated rings. The molecule has 1 atom stereocenters. The summed E-state index contributed by atoms with van der Waals surface area (Å²) in [7, 11) is 0. The molecule has 0 spiro atoms. The summed E-state index contributed by atoms with van der Waals surface area (Å²) in [5.41, 5.74) is 2.02. The van der Waals surface area contributed by atoms with Crippen LogP contribution in [0.1, 0.15) is 69.8 Å². The molecule has 2 aliphatic heterocycles. The Morgan fingerprint density at radius 1 is 0.838 bits per heavy atom. The molecule has 0 radical (unpaired) electrons. The van der Waals surface area contributed by atoms with E-state index < -0.39 is 0 Å². The van der Waals surface area contributed by atoms with Crippen molar-refractivity contribution >= 4 is 11.6 Å². The molecular formula is C31H42N2O4. The second-order valence-corrected chi connectivity index (χ2v) is 10.7. The predicted octanol–water partition coefficient (Wildman–Crippen LogP) is 6.18. The fraction of sp³-hybridized carbons (Fsp3) is 0.581. The number of amides is 1. The average Bonchev–Trinajstić information content (AvgIpc) is 3.47. The normalized spacial score (nSPS) is 21.0. The van der Waals surface area contributed by atoms with E-state index in [-0.39, 0.29) is 18.1 Å². The second-order valence-electron chi connectivity index (χ2n) is 10.7. The van der Waals surface area contributed by atoms with Crippen LogP contribution in [-0.4, -0.2) is 49.9 Å². The molecule has 5 rings (SSSR count). The summed E-state index contributed by atoms with van der Waals surface area (Å²) in [6.07, 6.45) is 11.1. The molecule has 2 heterocycles. The summed E-state index contributed by atoms with van der Waals surface area (Å²) in [6, 6.07) is 16.2. The molecule has 0 aromatic heterocycles. The molecule has 1 amide bonds. The van der Waals surface area contributed by atoms with E-state index in [1.807, 2.05) is 41.3 Å². The average molecular weight is 507 g/mol. The Balaban J connectivity index is 1.24. The highest BCUT2D eigenvalue weighted by Crippen LogP contribution is 2.30. The van der Waals surface area contributed by atoms with Gasteiger partial charge < -0.3 is 19.1 Å². The molecule has 6 nitrogen and oxygen atoms in total. The Hall–Kier alpha value is -2.57. The molecular weight excluding hydrogens is 464 g/mol. The number of ether oxygens (including phenoxy) is 3. The van der Waals surface area contributed by atoms with Gasteiger partial charge in [0.05, 0.1) is 13.2 Å². The summed E-state index contributed by atoms with van der Waals surface area (Å²) in [6.45, 7) is 5.35. The number of rotatable bonds is 10. The Bertz CT molecular complexity index is 960. The minimum atomic E-state index is -0.153. The van der Waals surface area contributed by atoms with E-state index in [0.717, 1.165) is 80.8 Å². The van der Waals surface area contributed by atoms with Crippen molar-refractivity contribution in [3.05, 3.63) is 54.1 Å². The standard InChI is InChI=1S/C31H42N2O4/c34-31(26-8-2-1-3-9-26)33(24-25-11-15-29(16-12-25)37-30-10-4-7-22-36-30)27-13-17-28(18-14-27)35-23-21-32-19-5-6-20-32/h11-18,26,30H,1-10,19-24H2. The molecule has 1 unspecified atom stereocenters. The zero-order valence-electron chi connectivity index (χ0n) is 22.1. The monoisotopic (exact) mass is 506 g/mol. The number of hydrogen-bond donors (Lipinski definition) is 0. The van der Waals surface area contributed by atoms with Crippen LogP contribution in [0.4, 0.5) is 5.69 Å². The lowest BCUT2D eigenvalue weighted by atomic mass is 9.88. The third-order valence-corrected chi connectivity index (χ3v) is 7.91. The molecule has 2 aromatic carbocycles. The molecule has 3 aliphatic rings. The lowest BCUT2D eigenvalue weighted by Gasteiger charge is -2.30. The summed E-state index contributed by atoms with van der Waals surface area (Å²) in [4.78, 5) is 18.1. The van der Waals surface area contributed by atoms with Crippen LogP contribution in [0.15, 0.2) is 48.5 Å². The molecule has 6 heteroatoms. The van der Waals surface area contributed by atoms with Gasteiger partial charge in [-0.15, -0.1) is 0 Å². The van der Waals surface area contributed by atoms with Crippen molar-refractivity contribution in [3.63, 3.8) is 0 Å². The lowest BCUT2D eigenvalue weighted by molar-refractivity contribution is -0.123. The number of nitrogens with zero attached hydrogens (tertiary/aromatic N) is 2. The molecule has 0 bridgehead atoms. The number of likely N-dealkylation sites (tertiary alicyclic amines) is 1. The Labute approximate surface area is 221 Å². The summed E-state index contributed by atoms with van der Waals surface area (Å²) in [5, 5.41) is 0. The van der Waals surface area contributed by atoms with Crippen LogP contribution in [0.2, 0.25) is 0 Å². The highest BCUT2D eigenvalue weighted by molar-refractivity contribution is 5.95. The zero-order chi connectivity index (χ0) is 25.3. The first-order valence-corrected chi connectivity index (χ1v) is 14.4. The predicted molar refractivity (Wildman–Crippen MR) is 146 cm³/mol. The second kappa shape index (κ2) is 13.3. The van der Waals surface area contributed by atoms with E-state index in [9.17, 15) is 4.79 Å². The zero-order valence-corrected chi connectivity index (χ0v) is 22.1. The molecule has 1 saturated carbocycles. The van der Waals surface area contributed by atoms with Crippen LogP contribution in [0.25, 0.3) is 0 Å². The number of carbonyl (C=O) groups excluding carboxylic acids is 1. The van der Waals surface area contributed by atoms with E-state index in [0.29, 0.717) is 13.2 Å². The van der Waals surface area contributed by atoms with E-state index in [1.165, 1.54) is 32.4 Å². The van der Waals surface area contributed by atoms with Gasteiger partial charge >= 0.3 is 0 Å². The summed E-state index contributed by atoms with van der Waals surface area (Å²) in [5.74, 6) is 2.02. The number of carbonyl (C=O) groups is 1. The van der Waals surface area contributed by atoms with Crippen LogP contribution in [0.5, 0.6) is 11.5 Å². The fourth-order valence-electron chi connectivity index (χ4n) is 5.70. The Morgan fingerprint density at radius 2 is 1.54 bits per heavy atom. The molecule has 2 aromatic rings. The molecule has 200 valence electrons. The van der Waals surface area contributed by atoms with Gasteiger partial charge in [0.15, 0.2) is 6.29 Å². The molecule has 37 heavy (non-hydrogen) atoms. The van der Waals surface area contributed by atoms with Crippen molar-refractivity contribution in [1.29, 1.82) is 0 Å². The minimum absolute atomic E-state index is 0.108. The van der Waals surface area contributed by atoms with E-state index in [1.54, 1.807) is 0 Å². The first-order chi connectivity index (χ1) is 18.2. The maximum atomic E-state index is 13.7. The van der Waals surface area contributed by atoms with Crippen LogP contribution < -0.4 is 14.4 Å². The first kappa shape index (κ1) is 26.1. The maximum Gasteiger partial charge on any atom is 0.230 e. The lowest BCUT2D eigenvalue weighted by Crippen LogP contribution is -2.36.